The van der Waals surface area contributed by atoms with Crippen LogP contribution in [0.2, 0.25) is 16.6 Å². The highest BCUT2D eigenvalue weighted by atomic mass is 28.3. The highest BCUT2D eigenvalue weighted by molar-refractivity contribution is 6.90. The fourth-order valence-corrected chi connectivity index (χ4v) is 8.64. The van der Waals surface area contributed by atoms with Crippen molar-refractivity contribution < 1.29 is 5.11 Å². The van der Waals surface area contributed by atoms with Crippen molar-refractivity contribution in [2.75, 3.05) is 0 Å². The van der Waals surface area contributed by atoms with E-state index in [0.29, 0.717) is 16.6 Å². The minimum absolute atomic E-state index is 0.592. The van der Waals surface area contributed by atoms with Gasteiger partial charge in [0, 0.05) is 0 Å². The Morgan fingerprint density at radius 2 is 1.42 bits per heavy atom. The lowest BCUT2D eigenvalue weighted by Gasteiger charge is -2.37. The average Bonchev–Trinajstić information content (AvgIpc) is 2.52. The smallest absolute Gasteiger partial charge is 0.147 e. The topological polar surface area (TPSA) is 20.2 Å². The molecule has 0 aromatic heterocycles. The Morgan fingerprint density at radius 3 is 1.92 bits per heavy atom. The molecule has 0 aliphatic rings. The highest BCUT2D eigenvalue weighted by Gasteiger charge is 2.41. The van der Waals surface area contributed by atoms with Crippen molar-refractivity contribution in [3.63, 3.8) is 0 Å². The average molecular weight is 339 g/mol. The van der Waals surface area contributed by atoms with Gasteiger partial charge in [-0.05, 0) is 40.1 Å². The van der Waals surface area contributed by atoms with Crippen LogP contribution < -0.4 is 0 Å². The van der Waals surface area contributed by atoms with E-state index < -0.39 is 14.2 Å². The zero-order chi connectivity index (χ0) is 18.2. The monoisotopic (exact) mass is 338 g/mol. The van der Waals surface area contributed by atoms with Crippen LogP contribution in [0.15, 0.2) is 36.4 Å². The van der Waals surface area contributed by atoms with Gasteiger partial charge in [0.2, 0.25) is 0 Å². The third-order valence-electron chi connectivity index (χ3n) is 4.70. The normalized spacial score (nSPS) is 12.9. The van der Waals surface area contributed by atoms with Gasteiger partial charge < -0.3 is 5.11 Å². The number of benzene rings is 1. The first-order valence-corrected chi connectivity index (χ1v) is 11.0. The largest absolute Gasteiger partial charge is 0.377 e. The summed E-state index contributed by atoms with van der Waals surface area (Å²) in [6.07, 6.45) is 2.79. The molecule has 128 valence electrons. The number of hydrogen-bond donors (Lipinski definition) is 1. The maximum Gasteiger partial charge on any atom is 0.147 e. The van der Waals surface area contributed by atoms with Crippen molar-refractivity contribution in [2.24, 2.45) is 0 Å². The van der Waals surface area contributed by atoms with E-state index in [0.717, 1.165) is 5.56 Å². The summed E-state index contributed by atoms with van der Waals surface area (Å²) in [7, 11) is -1.73. The first kappa shape index (κ1) is 20.3. The molecule has 0 saturated carbocycles. The lowest BCUT2D eigenvalue weighted by atomic mass is 10.2. The summed E-state index contributed by atoms with van der Waals surface area (Å²) in [6, 6.07) is 9.89. The molecule has 1 atom stereocenters. The first-order valence-electron chi connectivity index (χ1n) is 8.74. The van der Waals surface area contributed by atoms with E-state index in [4.69, 9.17) is 0 Å². The van der Waals surface area contributed by atoms with E-state index in [1.54, 1.807) is 6.08 Å². The van der Waals surface area contributed by atoms with Crippen LogP contribution in [-0.4, -0.2) is 19.3 Å². The summed E-state index contributed by atoms with van der Waals surface area (Å²) < 4.78 is 0. The number of aliphatic hydroxyl groups is 1. The Morgan fingerprint density at radius 1 is 0.875 bits per heavy atom. The second-order valence-electron chi connectivity index (χ2n) is 7.13. The van der Waals surface area contributed by atoms with Gasteiger partial charge in [0.05, 0.1) is 0 Å². The molecule has 0 aliphatic carbocycles. The van der Waals surface area contributed by atoms with E-state index in [1.807, 2.05) is 36.4 Å². The number of aliphatic hydroxyl groups excluding tert-OH is 1. The van der Waals surface area contributed by atoms with Crippen molar-refractivity contribution in [2.45, 2.75) is 64.3 Å². The van der Waals surface area contributed by atoms with Gasteiger partial charge in [-0.15, -0.1) is 5.54 Å². The van der Waals surface area contributed by atoms with Crippen molar-refractivity contribution >= 4 is 14.1 Å². The molecule has 1 N–H and O–H groups in total. The van der Waals surface area contributed by atoms with E-state index >= 15 is 0 Å². The van der Waals surface area contributed by atoms with Crippen LogP contribution in [0.1, 0.15) is 47.1 Å². The maximum atomic E-state index is 9.95. The quantitative estimate of drug-likeness (QED) is 0.571. The van der Waals surface area contributed by atoms with Crippen LogP contribution in [-0.2, 0) is 0 Å². The molecule has 0 saturated heterocycles. The Balaban J connectivity index is 2.87. The molecule has 1 nitrogen and oxygen atoms in total. The summed E-state index contributed by atoms with van der Waals surface area (Å²) in [6.45, 7) is 13.7. The van der Waals surface area contributed by atoms with Gasteiger partial charge in [-0.2, -0.15) is 0 Å². The summed E-state index contributed by atoms with van der Waals surface area (Å²) in [5.74, 6) is 8.73. The molecular formula is C22H30OSi. The van der Waals surface area contributed by atoms with Crippen LogP contribution in [0.4, 0.5) is 0 Å². The molecule has 1 aromatic carbocycles. The molecule has 0 heterocycles. The molecule has 1 unspecified atom stereocenters. The van der Waals surface area contributed by atoms with E-state index in [1.165, 1.54) is 0 Å². The van der Waals surface area contributed by atoms with Gasteiger partial charge in [0.25, 0.3) is 0 Å². The predicted octanol–water partition coefficient (Wildman–Crippen LogP) is 5.29. The molecule has 0 spiro atoms. The van der Waals surface area contributed by atoms with Crippen LogP contribution in [0, 0.1) is 23.3 Å². The summed E-state index contributed by atoms with van der Waals surface area (Å²) in [4.78, 5) is 0. The second-order valence-corrected chi connectivity index (χ2v) is 12.7. The highest BCUT2D eigenvalue weighted by Crippen LogP contribution is 2.40. The van der Waals surface area contributed by atoms with Gasteiger partial charge in [-0.1, -0.05) is 83.9 Å². The molecule has 0 aliphatic heterocycles. The van der Waals surface area contributed by atoms with Gasteiger partial charge in [-0.25, -0.2) is 0 Å². The minimum Gasteiger partial charge on any atom is -0.377 e. The van der Waals surface area contributed by atoms with Crippen LogP contribution in [0.25, 0.3) is 6.08 Å². The summed E-state index contributed by atoms with van der Waals surface area (Å²) in [5, 5.41) is 9.95. The van der Waals surface area contributed by atoms with E-state index in [2.05, 4.69) is 64.8 Å². The fraction of sp³-hybridized carbons (Fsp3) is 0.455. The third-order valence-corrected chi connectivity index (χ3v) is 11.0. The molecule has 0 fully saturated rings. The minimum atomic E-state index is -1.73. The number of rotatable bonds is 5. The van der Waals surface area contributed by atoms with Gasteiger partial charge in [-0.3, -0.25) is 0 Å². The third kappa shape index (κ3) is 5.41. The molecule has 0 radical (unpaired) electrons. The van der Waals surface area contributed by atoms with Crippen molar-refractivity contribution in [3.8, 4) is 23.3 Å². The first-order chi connectivity index (χ1) is 11.3. The molecule has 1 rings (SSSR count). The van der Waals surface area contributed by atoms with E-state index in [9.17, 15) is 5.11 Å². The molecule has 0 bridgehead atoms. The van der Waals surface area contributed by atoms with Crippen LogP contribution in [0.3, 0.4) is 0 Å². The van der Waals surface area contributed by atoms with Gasteiger partial charge >= 0.3 is 0 Å². The Labute approximate surface area is 149 Å². The van der Waals surface area contributed by atoms with E-state index in [-0.39, 0.29) is 0 Å². The zero-order valence-corrected chi connectivity index (χ0v) is 16.8. The molecule has 1 aromatic rings. The summed E-state index contributed by atoms with van der Waals surface area (Å²) >= 11 is 0. The van der Waals surface area contributed by atoms with Gasteiger partial charge in [0.1, 0.15) is 14.2 Å². The Hall–Kier alpha value is -1.74. The standard InChI is InChI=1S/C22H30OSi/c1-18(2)24(19(3)4,20(5)6)17-11-10-14-22(23)16-15-21-12-8-7-9-13-21/h7-9,12-13,15-16,18-20,22-23H,1-6H3/b16-15+. The maximum absolute atomic E-state index is 9.95. The van der Waals surface area contributed by atoms with Crippen molar-refractivity contribution in [1.82, 2.24) is 0 Å². The van der Waals surface area contributed by atoms with Crippen LogP contribution in [0.5, 0.6) is 0 Å². The van der Waals surface area contributed by atoms with Crippen LogP contribution >= 0.6 is 0 Å². The number of hydrogen-bond acceptors (Lipinski definition) is 1. The SMILES string of the molecule is CC(C)[Si](C#CC#CC(O)/C=C/c1ccccc1)(C(C)C)C(C)C. The Bertz CT molecular complexity index is 626. The fourth-order valence-electron chi connectivity index (χ4n) is 3.50. The molecule has 24 heavy (non-hydrogen) atoms. The lowest BCUT2D eigenvalue weighted by molar-refractivity contribution is 0.281. The molecule has 0 amide bonds. The van der Waals surface area contributed by atoms with Crippen molar-refractivity contribution in [1.29, 1.82) is 0 Å². The second kappa shape index (κ2) is 9.53. The predicted molar refractivity (Wildman–Crippen MR) is 108 cm³/mol. The zero-order valence-electron chi connectivity index (χ0n) is 15.8. The van der Waals surface area contributed by atoms with Crippen molar-refractivity contribution in [3.05, 3.63) is 42.0 Å². The van der Waals surface area contributed by atoms with Gasteiger partial charge in [0.15, 0.2) is 0 Å². The summed E-state index contributed by atoms with van der Waals surface area (Å²) in [5.41, 5.74) is 6.37. The lowest BCUT2D eigenvalue weighted by Crippen LogP contribution is -2.43. The molecular weight excluding hydrogens is 308 g/mol. The Kier molecular flexibility index (Phi) is 8.06. The molecule has 2 heteroatoms.